The lowest BCUT2D eigenvalue weighted by Gasteiger charge is -2.22. The molecule has 0 bridgehead atoms. The maximum Gasteiger partial charge on any atom is 0.347 e. The summed E-state index contributed by atoms with van der Waals surface area (Å²) < 4.78 is 1.57. The number of fused-ring (bicyclic) bond motifs is 4. The summed E-state index contributed by atoms with van der Waals surface area (Å²) in [6.07, 6.45) is 4.32. The van der Waals surface area contributed by atoms with Crippen LogP contribution >= 0.6 is 0 Å². The molecule has 0 saturated carbocycles. The van der Waals surface area contributed by atoms with Gasteiger partial charge in [-0.2, -0.15) is 5.10 Å². The van der Waals surface area contributed by atoms with Crippen LogP contribution in [0.25, 0.3) is 27.6 Å². The van der Waals surface area contributed by atoms with Gasteiger partial charge in [-0.25, -0.2) is 14.5 Å². The largest absolute Gasteiger partial charge is 0.347 e. The Morgan fingerprint density at radius 2 is 2.12 bits per heavy atom. The Morgan fingerprint density at radius 3 is 3.04 bits per heavy atom. The van der Waals surface area contributed by atoms with E-state index >= 15 is 0 Å². The predicted octanol–water partition coefficient (Wildman–Crippen LogP) is 2.33. The number of nitrogens with two attached hydrogens (primary N) is 1. The molecule has 25 heavy (non-hydrogen) atoms. The summed E-state index contributed by atoms with van der Waals surface area (Å²) in [6, 6.07) is 14.0. The monoisotopic (exact) mass is 329 g/mol. The number of pyridine rings is 1. The second-order valence-corrected chi connectivity index (χ2v) is 6.28. The molecule has 6 heteroatoms. The molecule has 1 aliphatic heterocycles. The van der Waals surface area contributed by atoms with Gasteiger partial charge in [0, 0.05) is 17.8 Å². The van der Waals surface area contributed by atoms with Crippen molar-refractivity contribution in [2.24, 2.45) is 5.73 Å². The summed E-state index contributed by atoms with van der Waals surface area (Å²) >= 11 is 0. The first-order valence-corrected chi connectivity index (χ1v) is 8.12. The van der Waals surface area contributed by atoms with Crippen LogP contribution in [0.5, 0.6) is 0 Å². The van der Waals surface area contributed by atoms with E-state index in [1.54, 1.807) is 10.8 Å². The van der Waals surface area contributed by atoms with E-state index in [1.165, 1.54) is 0 Å². The predicted molar refractivity (Wildman–Crippen MR) is 95.6 cm³/mol. The van der Waals surface area contributed by atoms with Gasteiger partial charge in [0.1, 0.15) is 0 Å². The minimum atomic E-state index is -0.293. The summed E-state index contributed by atoms with van der Waals surface area (Å²) in [5.74, 6) is 0.585. The van der Waals surface area contributed by atoms with Gasteiger partial charge in [-0.05, 0) is 46.7 Å². The Hall–Kier alpha value is -3.25. The molecule has 0 aliphatic carbocycles. The molecule has 3 N–H and O–H groups in total. The van der Waals surface area contributed by atoms with Gasteiger partial charge >= 0.3 is 5.69 Å². The van der Waals surface area contributed by atoms with E-state index in [1.807, 2.05) is 30.5 Å². The zero-order valence-electron chi connectivity index (χ0n) is 13.3. The quantitative estimate of drug-likeness (QED) is 0.561. The van der Waals surface area contributed by atoms with Crippen LogP contribution in [0.15, 0.2) is 59.7 Å². The zero-order chi connectivity index (χ0) is 17.0. The summed E-state index contributed by atoms with van der Waals surface area (Å²) in [6.45, 7) is 0. The van der Waals surface area contributed by atoms with Crippen LogP contribution in [0.1, 0.15) is 17.4 Å². The number of H-pyrrole nitrogens is 1. The maximum absolute atomic E-state index is 12.1. The van der Waals surface area contributed by atoms with Gasteiger partial charge in [0.2, 0.25) is 0 Å². The molecular formula is C19H15N5O. The highest BCUT2D eigenvalue weighted by atomic mass is 16.1. The Balaban J connectivity index is 1.73. The van der Waals surface area contributed by atoms with Crippen molar-refractivity contribution in [1.82, 2.24) is 19.7 Å². The molecule has 4 aromatic rings. The molecule has 0 spiro atoms. The fourth-order valence-electron chi connectivity index (χ4n) is 3.63. The third-order valence-corrected chi connectivity index (χ3v) is 4.78. The number of hydrogen-bond donors (Lipinski definition) is 2. The van der Waals surface area contributed by atoms with Gasteiger partial charge in [-0.1, -0.05) is 24.3 Å². The number of benzene rings is 2. The first-order chi connectivity index (χ1) is 12.2. The number of aromatic nitrogens is 4. The maximum atomic E-state index is 12.1. The third kappa shape index (κ3) is 2.04. The van der Waals surface area contributed by atoms with E-state index in [2.05, 4.69) is 33.4 Å². The highest BCUT2D eigenvalue weighted by Crippen LogP contribution is 2.33. The zero-order valence-corrected chi connectivity index (χ0v) is 13.3. The lowest BCUT2D eigenvalue weighted by atomic mass is 9.93. The number of nitrogens with zero attached hydrogens (tertiary/aromatic N) is 3. The van der Waals surface area contributed by atoms with Crippen molar-refractivity contribution in [2.45, 2.75) is 12.5 Å². The molecule has 1 unspecified atom stereocenters. The summed E-state index contributed by atoms with van der Waals surface area (Å²) in [4.78, 5) is 16.3. The van der Waals surface area contributed by atoms with E-state index in [9.17, 15) is 4.79 Å². The van der Waals surface area contributed by atoms with Crippen molar-refractivity contribution >= 4 is 10.8 Å². The minimum absolute atomic E-state index is 0.254. The van der Waals surface area contributed by atoms with Crippen LogP contribution in [-0.2, 0) is 6.42 Å². The van der Waals surface area contributed by atoms with Gasteiger partial charge in [0.15, 0.2) is 5.82 Å². The number of rotatable bonds is 1. The Bertz CT molecular complexity index is 1170. The van der Waals surface area contributed by atoms with Crippen molar-refractivity contribution in [1.29, 1.82) is 0 Å². The molecule has 0 saturated heterocycles. The molecule has 0 fully saturated rings. The van der Waals surface area contributed by atoms with E-state index < -0.39 is 0 Å². The average Bonchev–Trinajstić information content (AvgIpc) is 3.03. The molecule has 0 radical (unpaired) electrons. The van der Waals surface area contributed by atoms with Gasteiger partial charge in [-0.3, -0.25) is 4.98 Å². The average molecular weight is 329 g/mol. The molecule has 0 amide bonds. The van der Waals surface area contributed by atoms with Crippen molar-refractivity contribution in [3.05, 3.63) is 76.7 Å². The van der Waals surface area contributed by atoms with Crippen molar-refractivity contribution in [3.63, 3.8) is 0 Å². The fraction of sp³-hybridized carbons (Fsp3) is 0.105. The van der Waals surface area contributed by atoms with Gasteiger partial charge in [0.25, 0.3) is 0 Å². The van der Waals surface area contributed by atoms with Crippen LogP contribution in [0.2, 0.25) is 0 Å². The van der Waals surface area contributed by atoms with Gasteiger partial charge < -0.3 is 5.73 Å². The smallest absolute Gasteiger partial charge is 0.321 e. The number of hydrogen-bond acceptors (Lipinski definition) is 4. The van der Waals surface area contributed by atoms with Crippen LogP contribution in [-0.4, -0.2) is 19.7 Å². The number of nitrogens with one attached hydrogen (secondary N) is 1. The minimum Gasteiger partial charge on any atom is -0.321 e. The SMILES string of the molecule is NC1Cc2cc(-c3cccc4cnccc34)ccc2-n2c1n[nH]c2=O. The van der Waals surface area contributed by atoms with Crippen molar-refractivity contribution in [2.75, 3.05) is 0 Å². The van der Waals surface area contributed by atoms with Crippen LogP contribution in [0.3, 0.4) is 0 Å². The van der Waals surface area contributed by atoms with E-state index in [4.69, 9.17) is 5.73 Å². The Morgan fingerprint density at radius 1 is 1.20 bits per heavy atom. The molecule has 6 nitrogen and oxygen atoms in total. The first-order valence-electron chi connectivity index (χ1n) is 8.12. The van der Waals surface area contributed by atoms with Crippen molar-refractivity contribution < 1.29 is 0 Å². The summed E-state index contributed by atoms with van der Waals surface area (Å²) in [7, 11) is 0. The normalized spacial score (nSPS) is 15.8. The topological polar surface area (TPSA) is 89.6 Å². The van der Waals surface area contributed by atoms with Gasteiger partial charge in [0.05, 0.1) is 11.7 Å². The lowest BCUT2D eigenvalue weighted by molar-refractivity contribution is 0.619. The molecule has 3 heterocycles. The molecule has 122 valence electrons. The van der Waals surface area contributed by atoms with E-state index in [-0.39, 0.29) is 11.7 Å². The Labute approximate surface area is 142 Å². The molecule has 2 aromatic carbocycles. The standard InChI is InChI=1S/C19H15N5O/c20-16-9-13-8-11(4-5-17(13)24-18(16)22-23-19(24)25)14-3-1-2-12-10-21-7-6-15(12)14/h1-8,10,16H,9,20H2,(H,23,25). The van der Waals surface area contributed by atoms with Crippen molar-refractivity contribution in [3.8, 4) is 16.8 Å². The summed E-state index contributed by atoms with van der Waals surface area (Å²) in [5.41, 5.74) is 10.1. The molecule has 1 aliphatic rings. The molecular weight excluding hydrogens is 314 g/mol. The third-order valence-electron chi connectivity index (χ3n) is 4.78. The highest BCUT2D eigenvalue weighted by Gasteiger charge is 2.26. The molecule has 5 rings (SSSR count). The summed E-state index contributed by atoms with van der Waals surface area (Å²) in [5, 5.41) is 8.79. The molecule has 2 aromatic heterocycles. The second-order valence-electron chi connectivity index (χ2n) is 6.28. The first kappa shape index (κ1) is 14.1. The lowest BCUT2D eigenvalue weighted by Crippen LogP contribution is -2.28. The molecule has 1 atom stereocenters. The second kappa shape index (κ2) is 5.12. The van der Waals surface area contributed by atoms with Crippen LogP contribution in [0.4, 0.5) is 0 Å². The highest BCUT2D eigenvalue weighted by molar-refractivity contribution is 5.96. The number of aromatic amines is 1. The van der Waals surface area contributed by atoms with E-state index in [0.29, 0.717) is 12.2 Å². The van der Waals surface area contributed by atoms with Crippen LogP contribution in [0, 0.1) is 0 Å². The fourth-order valence-corrected chi connectivity index (χ4v) is 3.63. The van der Waals surface area contributed by atoms with Gasteiger partial charge in [-0.15, -0.1) is 0 Å². The van der Waals surface area contributed by atoms with E-state index in [0.717, 1.165) is 33.2 Å². The Kier molecular flexibility index (Phi) is 2.89. The van der Waals surface area contributed by atoms with Crippen LogP contribution < -0.4 is 11.4 Å².